The van der Waals surface area contributed by atoms with E-state index < -0.39 is 9.05 Å². The molecule has 5 nitrogen and oxygen atoms in total. The summed E-state index contributed by atoms with van der Waals surface area (Å²) in [4.78, 5) is 0. The number of hydrogen-bond donors (Lipinski definition) is 1. The second kappa shape index (κ2) is 4.43. The van der Waals surface area contributed by atoms with Crippen molar-refractivity contribution in [1.29, 1.82) is 0 Å². The third kappa shape index (κ3) is 2.20. The van der Waals surface area contributed by atoms with E-state index in [1.165, 1.54) is 0 Å². The summed E-state index contributed by atoms with van der Waals surface area (Å²) in [6.45, 7) is 3.74. The Labute approximate surface area is 121 Å². The molecule has 3 rings (SSSR count). The predicted molar refractivity (Wildman–Crippen MR) is 74.2 cm³/mol. The fourth-order valence-electron chi connectivity index (χ4n) is 2.90. The van der Waals surface area contributed by atoms with E-state index >= 15 is 0 Å². The van der Waals surface area contributed by atoms with Crippen LogP contribution in [0.15, 0.2) is 0 Å². The average Bonchev–Trinajstić information content (AvgIpc) is 2.86. The molecule has 2 heterocycles. The fourth-order valence-corrected chi connectivity index (χ4v) is 3.88. The predicted octanol–water partition coefficient (Wildman–Crippen LogP) is 2.11. The summed E-state index contributed by atoms with van der Waals surface area (Å²) in [7, 11) is 1.68. The topological polar surface area (TPSA) is 72.8 Å². The van der Waals surface area contributed by atoms with Crippen molar-refractivity contribution >= 4 is 19.7 Å². The molecular weight excluding hydrogens is 304 g/mol. The van der Waals surface area contributed by atoms with E-state index in [4.69, 9.17) is 20.2 Å². The van der Waals surface area contributed by atoms with E-state index in [9.17, 15) is 13.5 Å². The van der Waals surface area contributed by atoms with Crippen molar-refractivity contribution in [2.75, 3.05) is 0 Å². The fraction of sp³-hybridized carbons (Fsp3) is 0.538. The van der Waals surface area contributed by atoms with Gasteiger partial charge in [0.1, 0.15) is 18.0 Å². The third-order valence-electron chi connectivity index (χ3n) is 3.63. The van der Waals surface area contributed by atoms with Crippen LogP contribution in [-0.2, 0) is 27.6 Å². The van der Waals surface area contributed by atoms with Crippen LogP contribution in [0.5, 0.6) is 17.2 Å². The molecule has 0 amide bonds. The summed E-state index contributed by atoms with van der Waals surface area (Å²) in [5.74, 6) is 0.585. The maximum atomic E-state index is 11.5. The van der Waals surface area contributed by atoms with Gasteiger partial charge in [0.15, 0.2) is 11.5 Å². The van der Waals surface area contributed by atoms with Crippen molar-refractivity contribution in [3.63, 3.8) is 0 Å². The molecule has 0 fully saturated rings. The zero-order chi connectivity index (χ0) is 14.7. The minimum absolute atomic E-state index is 0.0689. The van der Waals surface area contributed by atoms with E-state index in [0.717, 1.165) is 0 Å². The molecule has 7 heteroatoms. The first kappa shape index (κ1) is 13.8. The molecule has 0 spiro atoms. The molecule has 2 aliphatic rings. The van der Waals surface area contributed by atoms with E-state index in [2.05, 4.69) is 0 Å². The molecule has 0 saturated carbocycles. The molecule has 2 unspecified atom stereocenters. The highest BCUT2D eigenvalue weighted by Gasteiger charge is 2.36. The normalized spacial score (nSPS) is 23.9. The molecular formula is C13H15ClO5S. The van der Waals surface area contributed by atoms with Crippen LogP contribution in [0.25, 0.3) is 0 Å². The van der Waals surface area contributed by atoms with Gasteiger partial charge in [0.25, 0.3) is 0 Å². The van der Waals surface area contributed by atoms with Crippen molar-refractivity contribution < 1.29 is 23.0 Å². The molecule has 0 radical (unpaired) electrons. The number of halogens is 1. The molecule has 0 aromatic heterocycles. The number of ether oxygens (including phenoxy) is 2. The lowest BCUT2D eigenvalue weighted by molar-refractivity contribution is 0.244. The van der Waals surface area contributed by atoms with Crippen LogP contribution < -0.4 is 9.47 Å². The summed E-state index contributed by atoms with van der Waals surface area (Å²) in [5, 5.41) is 10.3. The quantitative estimate of drug-likeness (QED) is 0.845. The Morgan fingerprint density at radius 2 is 1.70 bits per heavy atom. The highest BCUT2D eigenvalue weighted by atomic mass is 35.7. The molecule has 2 aliphatic heterocycles. The van der Waals surface area contributed by atoms with E-state index in [0.29, 0.717) is 41.0 Å². The Kier molecular flexibility index (Phi) is 3.06. The average molecular weight is 319 g/mol. The maximum absolute atomic E-state index is 11.5. The minimum atomic E-state index is -3.71. The van der Waals surface area contributed by atoms with Crippen molar-refractivity contribution in [2.45, 2.75) is 44.6 Å². The maximum Gasteiger partial charge on any atom is 0.236 e. The SMILES string of the molecule is CC1Cc2c(CS(=O)(=O)Cl)c3c(c(O)c2O1)CC(C)O3. The van der Waals surface area contributed by atoms with E-state index in [1.54, 1.807) is 0 Å². The lowest BCUT2D eigenvalue weighted by Gasteiger charge is -2.13. The smallest absolute Gasteiger partial charge is 0.236 e. The summed E-state index contributed by atoms with van der Waals surface area (Å²) in [5.41, 5.74) is 1.82. The van der Waals surface area contributed by atoms with Crippen LogP contribution in [0.3, 0.4) is 0 Å². The van der Waals surface area contributed by atoms with E-state index in [1.807, 2.05) is 13.8 Å². The van der Waals surface area contributed by atoms with Gasteiger partial charge >= 0.3 is 0 Å². The Morgan fingerprint density at radius 1 is 1.15 bits per heavy atom. The van der Waals surface area contributed by atoms with Crippen LogP contribution in [0.4, 0.5) is 0 Å². The molecule has 20 heavy (non-hydrogen) atoms. The summed E-state index contributed by atoms with van der Waals surface area (Å²) >= 11 is 0. The number of phenols is 1. The molecule has 110 valence electrons. The van der Waals surface area contributed by atoms with Crippen LogP contribution in [0, 0.1) is 0 Å². The molecule has 0 bridgehead atoms. The van der Waals surface area contributed by atoms with Gasteiger partial charge in [0.05, 0.1) is 5.75 Å². The van der Waals surface area contributed by atoms with Gasteiger partial charge in [-0.2, -0.15) is 0 Å². The minimum Gasteiger partial charge on any atom is -0.504 e. The van der Waals surface area contributed by atoms with Gasteiger partial charge in [0, 0.05) is 40.2 Å². The van der Waals surface area contributed by atoms with Gasteiger partial charge in [-0.25, -0.2) is 8.42 Å². The van der Waals surface area contributed by atoms with Crippen LogP contribution >= 0.6 is 10.7 Å². The zero-order valence-electron chi connectivity index (χ0n) is 11.1. The number of hydrogen-bond acceptors (Lipinski definition) is 5. The Hall–Kier alpha value is -1.14. The monoisotopic (exact) mass is 318 g/mol. The van der Waals surface area contributed by atoms with Gasteiger partial charge in [-0.15, -0.1) is 0 Å². The zero-order valence-corrected chi connectivity index (χ0v) is 12.7. The number of phenolic OH excluding ortho intramolecular Hbond substituents is 1. The van der Waals surface area contributed by atoms with Gasteiger partial charge in [-0.3, -0.25) is 0 Å². The lowest BCUT2D eigenvalue weighted by atomic mass is 9.98. The molecule has 0 saturated heterocycles. The van der Waals surface area contributed by atoms with Gasteiger partial charge in [-0.05, 0) is 13.8 Å². The Morgan fingerprint density at radius 3 is 2.30 bits per heavy atom. The summed E-state index contributed by atoms with van der Waals surface area (Å²) in [6, 6.07) is 0. The van der Waals surface area contributed by atoms with Gasteiger partial charge in [0.2, 0.25) is 9.05 Å². The molecule has 1 aromatic carbocycles. The standard InChI is InChI=1S/C13H15ClO5S/c1-6-3-8-10(5-20(14,16)17)12-9(4-7(2)18-12)11(15)13(8)19-6/h6-7,15H,3-5H2,1-2H3. The van der Waals surface area contributed by atoms with Crippen LogP contribution in [-0.4, -0.2) is 25.7 Å². The molecule has 1 N–H and O–H groups in total. The first-order valence-electron chi connectivity index (χ1n) is 6.41. The highest BCUT2D eigenvalue weighted by molar-refractivity contribution is 8.13. The van der Waals surface area contributed by atoms with Crippen molar-refractivity contribution in [2.24, 2.45) is 0 Å². The summed E-state index contributed by atoms with van der Waals surface area (Å²) < 4.78 is 34.2. The van der Waals surface area contributed by atoms with Gasteiger partial charge in [-0.1, -0.05) is 0 Å². The summed E-state index contributed by atoms with van der Waals surface area (Å²) in [6.07, 6.45) is 0.859. The molecule has 2 atom stereocenters. The van der Waals surface area contributed by atoms with Crippen molar-refractivity contribution in [3.8, 4) is 17.2 Å². The molecule has 0 aliphatic carbocycles. The first-order chi connectivity index (χ1) is 9.26. The van der Waals surface area contributed by atoms with Crippen LogP contribution in [0.1, 0.15) is 30.5 Å². The largest absolute Gasteiger partial charge is 0.504 e. The Balaban J connectivity index is 2.23. The number of fused-ring (bicyclic) bond motifs is 2. The second-order valence-electron chi connectivity index (χ2n) is 5.39. The van der Waals surface area contributed by atoms with E-state index in [-0.39, 0.29) is 23.7 Å². The lowest BCUT2D eigenvalue weighted by Crippen LogP contribution is -2.08. The number of benzene rings is 1. The molecule has 1 aromatic rings. The Bertz CT molecular complexity index is 643. The number of aromatic hydroxyl groups is 1. The van der Waals surface area contributed by atoms with Gasteiger partial charge < -0.3 is 14.6 Å². The highest BCUT2D eigenvalue weighted by Crippen LogP contribution is 2.51. The van der Waals surface area contributed by atoms with Crippen molar-refractivity contribution in [3.05, 3.63) is 16.7 Å². The van der Waals surface area contributed by atoms with Crippen molar-refractivity contribution in [1.82, 2.24) is 0 Å². The second-order valence-corrected chi connectivity index (χ2v) is 8.17. The first-order valence-corrected chi connectivity index (χ1v) is 8.89. The third-order valence-corrected chi connectivity index (χ3v) is 4.59. The number of rotatable bonds is 2. The van der Waals surface area contributed by atoms with Crippen LogP contribution in [0.2, 0.25) is 0 Å².